The Labute approximate surface area is 152 Å². The van der Waals surface area contributed by atoms with Crippen LogP contribution in [0.25, 0.3) is 5.57 Å². The molecule has 6 heteroatoms. The first-order chi connectivity index (χ1) is 11.4. The number of nitrogens with zero attached hydrogens (tertiary/aromatic N) is 2. The Hall–Kier alpha value is -2.02. The SMILES string of the molecule is C1=CN2CCSN=C2C(c2ccc(OC3C=CCCC3)cc2)=C1.O.O. The molecule has 0 radical (unpaired) electrons. The molecule has 4 N–H and O–H groups in total. The molecule has 25 heavy (non-hydrogen) atoms. The number of amidine groups is 1. The van der Waals surface area contributed by atoms with E-state index in [1.54, 1.807) is 11.9 Å². The van der Waals surface area contributed by atoms with Gasteiger partial charge in [-0.2, -0.15) is 4.40 Å². The van der Waals surface area contributed by atoms with Gasteiger partial charge in [0, 0.05) is 24.1 Å². The van der Waals surface area contributed by atoms with E-state index in [2.05, 4.69) is 64.1 Å². The maximum Gasteiger partial charge on any atom is 0.148 e. The topological polar surface area (TPSA) is 87.8 Å². The Morgan fingerprint density at radius 3 is 2.76 bits per heavy atom. The van der Waals surface area contributed by atoms with Crippen molar-refractivity contribution in [1.29, 1.82) is 0 Å². The maximum atomic E-state index is 6.04. The van der Waals surface area contributed by atoms with Gasteiger partial charge in [-0.15, -0.1) is 0 Å². The number of fused-ring (bicyclic) bond motifs is 1. The van der Waals surface area contributed by atoms with Crippen LogP contribution >= 0.6 is 11.9 Å². The minimum Gasteiger partial charge on any atom is -0.486 e. The highest BCUT2D eigenvalue weighted by Crippen LogP contribution is 2.28. The lowest BCUT2D eigenvalue weighted by atomic mass is 10.0. The van der Waals surface area contributed by atoms with Crippen LogP contribution in [0, 0.1) is 0 Å². The average Bonchev–Trinajstić information content (AvgIpc) is 2.63. The van der Waals surface area contributed by atoms with Crippen molar-refractivity contribution in [3.63, 3.8) is 0 Å². The molecule has 2 aliphatic heterocycles. The van der Waals surface area contributed by atoms with E-state index < -0.39 is 0 Å². The van der Waals surface area contributed by atoms with E-state index in [9.17, 15) is 0 Å². The zero-order valence-corrected chi connectivity index (χ0v) is 14.8. The number of benzene rings is 1. The summed E-state index contributed by atoms with van der Waals surface area (Å²) in [6.07, 6.45) is 14.5. The van der Waals surface area contributed by atoms with Gasteiger partial charge in [0.15, 0.2) is 0 Å². The first kappa shape index (κ1) is 19.3. The van der Waals surface area contributed by atoms with Gasteiger partial charge in [-0.25, -0.2) is 0 Å². The number of hydrogen-bond donors (Lipinski definition) is 0. The Kier molecular flexibility index (Phi) is 6.87. The van der Waals surface area contributed by atoms with Gasteiger partial charge in [0.2, 0.25) is 0 Å². The molecule has 0 saturated carbocycles. The molecule has 0 saturated heterocycles. The third-order valence-corrected chi connectivity index (χ3v) is 4.95. The first-order valence-electron chi connectivity index (χ1n) is 8.19. The average molecular weight is 360 g/mol. The molecule has 1 aromatic carbocycles. The summed E-state index contributed by atoms with van der Waals surface area (Å²) in [5, 5.41) is 0. The summed E-state index contributed by atoms with van der Waals surface area (Å²) in [5.74, 6) is 3.05. The highest BCUT2D eigenvalue weighted by atomic mass is 32.2. The Morgan fingerprint density at radius 1 is 1.16 bits per heavy atom. The molecule has 2 heterocycles. The van der Waals surface area contributed by atoms with Gasteiger partial charge in [-0.1, -0.05) is 18.2 Å². The van der Waals surface area contributed by atoms with Crippen molar-refractivity contribution in [2.75, 3.05) is 12.3 Å². The molecule has 1 aliphatic carbocycles. The molecule has 5 nitrogen and oxygen atoms in total. The minimum atomic E-state index is 0. The van der Waals surface area contributed by atoms with E-state index >= 15 is 0 Å². The zero-order chi connectivity index (χ0) is 15.5. The first-order valence-corrected chi connectivity index (χ1v) is 9.14. The number of allylic oxidation sites excluding steroid dienone is 3. The van der Waals surface area contributed by atoms with Gasteiger partial charge < -0.3 is 20.6 Å². The van der Waals surface area contributed by atoms with E-state index in [1.165, 1.54) is 24.0 Å². The van der Waals surface area contributed by atoms with Crippen LogP contribution in [0.4, 0.5) is 0 Å². The van der Waals surface area contributed by atoms with Crippen LogP contribution < -0.4 is 4.74 Å². The molecule has 0 amide bonds. The van der Waals surface area contributed by atoms with Crippen molar-refractivity contribution in [1.82, 2.24) is 4.90 Å². The van der Waals surface area contributed by atoms with Crippen molar-refractivity contribution in [3.8, 4) is 5.75 Å². The molecule has 0 spiro atoms. The largest absolute Gasteiger partial charge is 0.486 e. The van der Waals surface area contributed by atoms with Crippen LogP contribution in [0.1, 0.15) is 24.8 Å². The van der Waals surface area contributed by atoms with Gasteiger partial charge >= 0.3 is 0 Å². The van der Waals surface area contributed by atoms with E-state index in [1.807, 2.05) is 0 Å². The Balaban J connectivity index is 0.00000113. The summed E-state index contributed by atoms with van der Waals surface area (Å²) in [6, 6.07) is 8.40. The van der Waals surface area contributed by atoms with Crippen LogP contribution in [-0.4, -0.2) is 40.1 Å². The van der Waals surface area contributed by atoms with Crippen LogP contribution in [0.3, 0.4) is 0 Å². The lowest BCUT2D eigenvalue weighted by Crippen LogP contribution is -2.32. The molecule has 0 bridgehead atoms. The van der Waals surface area contributed by atoms with Crippen LogP contribution in [0.2, 0.25) is 0 Å². The van der Waals surface area contributed by atoms with Crippen molar-refractivity contribution < 1.29 is 15.7 Å². The molecule has 0 fully saturated rings. The second-order valence-electron chi connectivity index (χ2n) is 5.90. The predicted molar refractivity (Wildman–Crippen MR) is 105 cm³/mol. The number of rotatable bonds is 3. The van der Waals surface area contributed by atoms with Gasteiger partial charge in [-0.3, -0.25) is 0 Å². The summed E-state index contributed by atoms with van der Waals surface area (Å²) in [4.78, 5) is 2.23. The maximum absolute atomic E-state index is 6.04. The summed E-state index contributed by atoms with van der Waals surface area (Å²) < 4.78 is 10.7. The summed E-state index contributed by atoms with van der Waals surface area (Å²) in [5.41, 5.74) is 2.37. The van der Waals surface area contributed by atoms with Gasteiger partial charge in [0.25, 0.3) is 0 Å². The lowest BCUT2D eigenvalue weighted by molar-refractivity contribution is 0.230. The van der Waals surface area contributed by atoms with E-state index in [-0.39, 0.29) is 17.1 Å². The second-order valence-corrected chi connectivity index (χ2v) is 6.75. The third-order valence-electron chi connectivity index (χ3n) is 4.28. The molecule has 3 aliphatic rings. The normalized spacial score (nSPS) is 21.3. The Bertz CT molecular complexity index is 695. The number of ether oxygens (including phenoxy) is 1. The van der Waals surface area contributed by atoms with Gasteiger partial charge in [-0.05, 0) is 67.1 Å². The highest BCUT2D eigenvalue weighted by molar-refractivity contribution is 7.98. The van der Waals surface area contributed by atoms with Gasteiger partial charge in [0.05, 0.1) is 0 Å². The monoisotopic (exact) mass is 360 g/mol. The lowest BCUT2D eigenvalue weighted by Gasteiger charge is -2.29. The van der Waals surface area contributed by atoms with E-state index in [0.29, 0.717) is 0 Å². The molecular formula is C19H24N2O3S. The fourth-order valence-corrected chi connectivity index (χ4v) is 3.76. The predicted octanol–water partition coefficient (Wildman–Crippen LogP) is 2.80. The van der Waals surface area contributed by atoms with Crippen LogP contribution in [-0.2, 0) is 0 Å². The van der Waals surface area contributed by atoms with Crippen molar-refractivity contribution in [2.45, 2.75) is 25.4 Å². The minimum absolute atomic E-state index is 0. The van der Waals surface area contributed by atoms with Crippen molar-refractivity contribution >= 4 is 23.4 Å². The summed E-state index contributed by atoms with van der Waals surface area (Å²) in [7, 11) is 0. The molecule has 4 rings (SSSR count). The molecule has 134 valence electrons. The second kappa shape index (κ2) is 8.89. The smallest absolute Gasteiger partial charge is 0.148 e. The number of hydrogen-bond acceptors (Lipinski definition) is 4. The van der Waals surface area contributed by atoms with Crippen molar-refractivity contribution in [3.05, 3.63) is 60.3 Å². The fourth-order valence-electron chi connectivity index (χ4n) is 3.06. The van der Waals surface area contributed by atoms with Crippen LogP contribution in [0.5, 0.6) is 5.75 Å². The van der Waals surface area contributed by atoms with E-state index in [0.717, 1.165) is 30.3 Å². The standard InChI is InChI=1S/C19H20N2OS.2H2O/c1-2-5-16(6-3-1)22-17-10-8-15(9-11-17)18-7-4-12-21-13-14-23-20-19(18)21;;/h2,4-5,7-12,16H,1,3,6,13-14H2;2*1H2. The Morgan fingerprint density at radius 2 is 2.00 bits per heavy atom. The molecular weight excluding hydrogens is 336 g/mol. The summed E-state index contributed by atoms with van der Waals surface area (Å²) >= 11 is 1.64. The molecule has 1 atom stereocenters. The van der Waals surface area contributed by atoms with E-state index in [4.69, 9.17) is 4.74 Å². The highest BCUT2D eigenvalue weighted by Gasteiger charge is 2.21. The zero-order valence-electron chi connectivity index (χ0n) is 14.0. The molecule has 1 aromatic rings. The summed E-state index contributed by atoms with van der Waals surface area (Å²) in [6.45, 7) is 1.02. The quantitative estimate of drug-likeness (QED) is 0.613. The van der Waals surface area contributed by atoms with Crippen LogP contribution in [0.15, 0.2) is 59.2 Å². The van der Waals surface area contributed by atoms with Gasteiger partial charge in [0.1, 0.15) is 17.7 Å². The van der Waals surface area contributed by atoms with Crippen molar-refractivity contribution in [2.24, 2.45) is 4.40 Å². The fraction of sp³-hybridized carbons (Fsp3) is 0.316. The third kappa shape index (κ3) is 4.34. The molecule has 0 aromatic heterocycles. The molecule has 1 unspecified atom stereocenters.